The van der Waals surface area contributed by atoms with Gasteiger partial charge in [-0.2, -0.15) is 0 Å². The molecule has 16 heavy (non-hydrogen) atoms. The van der Waals surface area contributed by atoms with Crippen LogP contribution in [-0.2, 0) is 14.3 Å². The molecule has 2 N–H and O–H groups in total. The Hall–Kier alpha value is -0.700. The third-order valence-corrected chi connectivity index (χ3v) is 4.61. The van der Waals surface area contributed by atoms with Gasteiger partial charge in [0.1, 0.15) is 0 Å². The summed E-state index contributed by atoms with van der Waals surface area (Å²) in [6.07, 6.45) is -0.210. The highest BCUT2D eigenvalue weighted by Gasteiger charge is 2.43. The molecule has 1 aromatic heterocycles. The molecule has 0 aliphatic carbocycles. The van der Waals surface area contributed by atoms with Gasteiger partial charge in [0.25, 0.3) is 0 Å². The number of carbonyl (C=O) groups is 1. The van der Waals surface area contributed by atoms with E-state index < -0.39 is 6.29 Å². The molecule has 0 amide bonds. The predicted molar refractivity (Wildman–Crippen MR) is 58.2 cm³/mol. The van der Waals surface area contributed by atoms with E-state index in [0.717, 1.165) is 4.34 Å². The maximum absolute atomic E-state index is 11.5. The Bertz CT molecular complexity index is 424. The smallest absolute Gasteiger partial charge is 0.218 e. The van der Waals surface area contributed by atoms with Crippen molar-refractivity contribution in [2.45, 2.75) is 28.4 Å². The molecule has 0 saturated carbocycles. The van der Waals surface area contributed by atoms with Gasteiger partial charge in [-0.3, -0.25) is 4.79 Å². The quantitative estimate of drug-likeness (QED) is 0.817. The second-order valence-corrected chi connectivity index (χ2v) is 6.07. The highest BCUT2D eigenvalue weighted by atomic mass is 32.2. The fraction of sp³-hybridized carbons (Fsp3) is 0.625. The number of anilines is 1. The highest BCUT2D eigenvalue weighted by Crippen LogP contribution is 2.37. The third-order valence-electron chi connectivity index (χ3n) is 2.46. The van der Waals surface area contributed by atoms with E-state index in [0.29, 0.717) is 18.2 Å². The number of ketones is 1. The van der Waals surface area contributed by atoms with Crippen LogP contribution in [-0.4, -0.2) is 40.2 Å². The first-order valence-electron chi connectivity index (χ1n) is 4.78. The standard InChI is InChI=1S/C8H9N3O3S2/c9-7-10-11-8(16-7)15-5-1-3(12)6-13-2-4(5)14-6/h4-6H,1-2H2,(H2,9,10)/t4-,5-,6-/m1/s1. The Kier molecular flexibility index (Phi) is 2.58. The highest BCUT2D eigenvalue weighted by molar-refractivity contribution is 8.01. The van der Waals surface area contributed by atoms with Gasteiger partial charge in [-0.15, -0.1) is 10.2 Å². The maximum Gasteiger partial charge on any atom is 0.218 e. The fourth-order valence-electron chi connectivity index (χ4n) is 1.72. The number of hydrogen-bond acceptors (Lipinski definition) is 8. The number of nitrogen functional groups attached to an aromatic ring is 1. The Balaban J connectivity index is 1.73. The Morgan fingerprint density at radius 2 is 2.38 bits per heavy atom. The minimum Gasteiger partial charge on any atom is -0.374 e. The van der Waals surface area contributed by atoms with Gasteiger partial charge >= 0.3 is 0 Å². The van der Waals surface area contributed by atoms with Crippen LogP contribution in [0.5, 0.6) is 0 Å². The molecule has 2 fully saturated rings. The molecule has 3 atom stereocenters. The molecule has 1 aromatic rings. The molecule has 0 spiro atoms. The molecule has 3 rings (SSSR count). The minimum absolute atomic E-state index is 0.00346. The molecule has 2 aliphatic rings. The van der Waals surface area contributed by atoms with E-state index in [-0.39, 0.29) is 17.1 Å². The van der Waals surface area contributed by atoms with Crippen molar-refractivity contribution in [2.24, 2.45) is 0 Å². The summed E-state index contributed by atoms with van der Waals surface area (Å²) < 4.78 is 11.4. The predicted octanol–water partition coefficient (Wildman–Crippen LogP) is 0.295. The van der Waals surface area contributed by atoms with Gasteiger partial charge in [-0.05, 0) is 0 Å². The van der Waals surface area contributed by atoms with Gasteiger partial charge in [-0.25, -0.2) is 0 Å². The van der Waals surface area contributed by atoms with Crippen LogP contribution < -0.4 is 5.73 Å². The third kappa shape index (κ3) is 1.81. The number of carbonyl (C=O) groups excluding carboxylic acids is 1. The van der Waals surface area contributed by atoms with Gasteiger partial charge in [0.05, 0.1) is 12.7 Å². The van der Waals surface area contributed by atoms with Crippen molar-refractivity contribution in [2.75, 3.05) is 12.3 Å². The Morgan fingerprint density at radius 1 is 1.50 bits per heavy atom. The van der Waals surface area contributed by atoms with Crippen LogP contribution in [0.15, 0.2) is 4.34 Å². The van der Waals surface area contributed by atoms with Crippen LogP contribution >= 0.6 is 23.1 Å². The average molecular weight is 259 g/mol. The first-order valence-corrected chi connectivity index (χ1v) is 6.47. The number of ether oxygens (including phenoxy) is 2. The average Bonchev–Trinajstić information content (AvgIpc) is 2.83. The van der Waals surface area contributed by atoms with Crippen LogP contribution in [0.25, 0.3) is 0 Å². The Morgan fingerprint density at radius 3 is 3.12 bits per heavy atom. The molecule has 0 unspecified atom stereocenters. The summed E-state index contributed by atoms with van der Waals surface area (Å²) in [5, 5.41) is 8.14. The first-order chi connectivity index (χ1) is 7.72. The summed E-state index contributed by atoms with van der Waals surface area (Å²) in [4.78, 5) is 11.5. The topological polar surface area (TPSA) is 87.3 Å². The van der Waals surface area contributed by atoms with Crippen molar-refractivity contribution in [3.05, 3.63) is 0 Å². The Labute approximate surface area is 99.5 Å². The van der Waals surface area contributed by atoms with E-state index >= 15 is 0 Å². The van der Waals surface area contributed by atoms with Crippen molar-refractivity contribution in [1.29, 1.82) is 0 Å². The second-order valence-electron chi connectivity index (χ2n) is 3.57. The molecule has 3 heterocycles. The largest absolute Gasteiger partial charge is 0.374 e. The van der Waals surface area contributed by atoms with Gasteiger partial charge < -0.3 is 15.2 Å². The van der Waals surface area contributed by atoms with Gasteiger partial charge in [-0.1, -0.05) is 23.1 Å². The minimum atomic E-state index is -0.638. The van der Waals surface area contributed by atoms with Crippen molar-refractivity contribution < 1.29 is 14.3 Å². The number of fused-ring (bicyclic) bond motifs is 2. The van der Waals surface area contributed by atoms with Gasteiger partial charge in [0, 0.05) is 11.7 Å². The van der Waals surface area contributed by atoms with E-state index in [2.05, 4.69) is 10.2 Å². The molecule has 2 saturated heterocycles. The normalized spacial score (nSPS) is 33.2. The molecule has 0 aromatic carbocycles. The van der Waals surface area contributed by atoms with Crippen molar-refractivity contribution in [3.63, 3.8) is 0 Å². The van der Waals surface area contributed by atoms with Gasteiger partial charge in [0.15, 0.2) is 10.1 Å². The SMILES string of the molecule is Nc1nnc(S[C@@H]2CC(=O)[C@@H]3OC[C@H]2O3)s1. The summed E-state index contributed by atoms with van der Waals surface area (Å²) in [7, 11) is 0. The maximum atomic E-state index is 11.5. The summed E-state index contributed by atoms with van der Waals surface area (Å²) in [5.41, 5.74) is 5.50. The monoisotopic (exact) mass is 259 g/mol. The molecule has 2 aliphatic heterocycles. The lowest BCUT2D eigenvalue weighted by molar-refractivity contribution is -0.151. The van der Waals surface area contributed by atoms with E-state index in [1.807, 2.05) is 0 Å². The summed E-state index contributed by atoms with van der Waals surface area (Å²) in [6, 6.07) is 0. The summed E-state index contributed by atoms with van der Waals surface area (Å²) >= 11 is 2.81. The number of rotatable bonds is 2. The zero-order chi connectivity index (χ0) is 11.1. The number of hydrogen-bond donors (Lipinski definition) is 1. The first kappa shape index (κ1) is 10.5. The number of nitrogens with two attached hydrogens (primary N) is 1. The van der Waals surface area contributed by atoms with Crippen LogP contribution in [0, 0.1) is 0 Å². The van der Waals surface area contributed by atoms with E-state index in [1.54, 1.807) is 0 Å². The van der Waals surface area contributed by atoms with Crippen molar-refractivity contribution in [1.82, 2.24) is 10.2 Å². The number of nitrogens with zero attached hydrogens (tertiary/aromatic N) is 2. The lowest BCUT2D eigenvalue weighted by Gasteiger charge is -2.24. The van der Waals surface area contributed by atoms with E-state index in [1.165, 1.54) is 23.1 Å². The lowest BCUT2D eigenvalue weighted by atomic mass is 10.1. The van der Waals surface area contributed by atoms with Crippen LogP contribution in [0.3, 0.4) is 0 Å². The van der Waals surface area contributed by atoms with E-state index in [4.69, 9.17) is 15.2 Å². The lowest BCUT2D eigenvalue weighted by Crippen LogP contribution is -2.37. The van der Waals surface area contributed by atoms with Gasteiger partial charge in [0.2, 0.25) is 11.4 Å². The molecule has 8 heteroatoms. The second kappa shape index (κ2) is 3.95. The van der Waals surface area contributed by atoms with Crippen molar-refractivity contribution in [3.8, 4) is 0 Å². The number of Topliss-reactive ketones (excluding diaryl/α,β-unsaturated/α-hetero) is 1. The fourth-order valence-corrected chi connectivity index (χ4v) is 3.78. The zero-order valence-corrected chi connectivity index (χ0v) is 9.79. The van der Waals surface area contributed by atoms with E-state index in [9.17, 15) is 4.79 Å². The summed E-state index contributed by atoms with van der Waals surface area (Å²) in [5.74, 6) is 0.00346. The molecule has 86 valence electrons. The molecular weight excluding hydrogens is 250 g/mol. The van der Waals surface area contributed by atoms with Crippen LogP contribution in [0.1, 0.15) is 6.42 Å². The zero-order valence-electron chi connectivity index (χ0n) is 8.16. The number of thioether (sulfide) groups is 1. The molecule has 6 nitrogen and oxygen atoms in total. The molecule has 0 radical (unpaired) electrons. The molecular formula is C8H9N3O3S2. The van der Waals surface area contributed by atoms with Crippen LogP contribution in [0.4, 0.5) is 5.13 Å². The summed E-state index contributed by atoms with van der Waals surface area (Å²) in [6.45, 7) is 0.475. The van der Waals surface area contributed by atoms with Crippen molar-refractivity contribution >= 4 is 34.0 Å². The van der Waals surface area contributed by atoms with Crippen LogP contribution in [0.2, 0.25) is 0 Å². The number of aromatic nitrogens is 2. The molecule has 2 bridgehead atoms.